The van der Waals surface area contributed by atoms with Gasteiger partial charge in [-0.1, -0.05) is 12.1 Å². The molecule has 1 aliphatic heterocycles. The molecule has 5 amide bonds. The number of nitrogens with zero attached hydrogens (tertiary/aromatic N) is 1. The number of alkyl halides is 2. The van der Waals surface area contributed by atoms with E-state index < -0.39 is 42.6 Å². The highest BCUT2D eigenvalue weighted by Crippen LogP contribution is 2.30. The molecule has 0 aliphatic carbocycles. The van der Waals surface area contributed by atoms with Crippen molar-refractivity contribution in [2.45, 2.75) is 26.0 Å². The van der Waals surface area contributed by atoms with Crippen molar-refractivity contribution >= 4 is 23.9 Å². The molecule has 0 spiro atoms. The molecule has 146 valence electrons. The zero-order valence-electron chi connectivity index (χ0n) is 14.5. The van der Waals surface area contributed by atoms with E-state index in [0.29, 0.717) is 10.5 Å². The molecule has 27 heavy (non-hydrogen) atoms. The van der Waals surface area contributed by atoms with Gasteiger partial charge in [-0.3, -0.25) is 19.8 Å². The Hall–Kier alpha value is -3.24. The molecular weight excluding hydrogens is 368 g/mol. The summed E-state index contributed by atoms with van der Waals surface area (Å²) in [6.07, 6.45) is -0.994. The van der Waals surface area contributed by atoms with Crippen LogP contribution in [-0.4, -0.2) is 48.6 Å². The second-order valence-corrected chi connectivity index (χ2v) is 5.62. The van der Waals surface area contributed by atoms with Crippen LogP contribution in [0.3, 0.4) is 0 Å². The van der Waals surface area contributed by atoms with Crippen LogP contribution in [-0.2, 0) is 19.9 Å². The number of nitrogens with one attached hydrogen (secondary N) is 2. The molecule has 11 heteroatoms. The summed E-state index contributed by atoms with van der Waals surface area (Å²) in [5, 5.41) is 4.32. The van der Waals surface area contributed by atoms with Gasteiger partial charge < -0.3 is 14.8 Å². The van der Waals surface area contributed by atoms with Gasteiger partial charge in [0.05, 0.1) is 6.61 Å². The molecule has 1 fully saturated rings. The number of rotatable bonds is 6. The highest BCUT2D eigenvalue weighted by molar-refractivity contribution is 6.09. The van der Waals surface area contributed by atoms with Gasteiger partial charge in [0.15, 0.2) is 0 Å². The molecule has 1 aromatic carbocycles. The van der Waals surface area contributed by atoms with Gasteiger partial charge in [0.1, 0.15) is 17.8 Å². The zero-order valence-corrected chi connectivity index (χ0v) is 14.5. The summed E-state index contributed by atoms with van der Waals surface area (Å²) >= 11 is 0. The number of alkyl carbamates (subject to hydrolysis) is 1. The molecule has 0 unspecified atom stereocenters. The second-order valence-electron chi connectivity index (χ2n) is 5.62. The molecule has 9 nitrogen and oxygen atoms in total. The molecular formula is C16H17F2N3O6. The van der Waals surface area contributed by atoms with E-state index in [-0.39, 0.29) is 12.4 Å². The number of carbonyl (C=O) groups excluding carboxylic acids is 4. The number of hydrogen-bond donors (Lipinski definition) is 2. The highest BCUT2D eigenvalue weighted by Gasteiger charge is 2.49. The van der Waals surface area contributed by atoms with Gasteiger partial charge in [-0.15, -0.1) is 0 Å². The topological polar surface area (TPSA) is 114 Å². The molecule has 1 heterocycles. The van der Waals surface area contributed by atoms with Crippen LogP contribution >= 0.6 is 0 Å². The number of ether oxygens (including phenoxy) is 2. The summed E-state index contributed by atoms with van der Waals surface area (Å²) in [7, 11) is 0. The number of benzene rings is 1. The maximum atomic E-state index is 12.6. The Morgan fingerprint density at radius 2 is 1.89 bits per heavy atom. The Kier molecular flexibility index (Phi) is 5.93. The smallest absolute Gasteiger partial charge is 0.413 e. The minimum atomic E-state index is -2.99. The number of imide groups is 2. The van der Waals surface area contributed by atoms with E-state index in [1.165, 1.54) is 31.2 Å². The van der Waals surface area contributed by atoms with E-state index in [1.54, 1.807) is 6.92 Å². The Morgan fingerprint density at radius 3 is 2.44 bits per heavy atom. The maximum absolute atomic E-state index is 12.6. The van der Waals surface area contributed by atoms with Gasteiger partial charge in [0.25, 0.3) is 5.91 Å². The molecule has 0 bridgehead atoms. The van der Waals surface area contributed by atoms with Gasteiger partial charge in [-0.25, -0.2) is 9.59 Å². The lowest BCUT2D eigenvalue weighted by atomic mass is 9.92. The zero-order chi connectivity index (χ0) is 20.2. The first kappa shape index (κ1) is 20.1. The molecule has 1 aromatic rings. The van der Waals surface area contributed by atoms with E-state index >= 15 is 0 Å². The molecule has 1 atom stereocenters. The van der Waals surface area contributed by atoms with Crippen molar-refractivity contribution in [3.8, 4) is 5.75 Å². The van der Waals surface area contributed by atoms with Crippen LogP contribution in [0.1, 0.15) is 19.4 Å². The van der Waals surface area contributed by atoms with Crippen LogP contribution in [0.5, 0.6) is 5.75 Å². The minimum Gasteiger partial charge on any atom is -0.450 e. The highest BCUT2D eigenvalue weighted by atomic mass is 19.3. The Bertz CT molecular complexity index is 755. The Labute approximate surface area is 152 Å². The van der Waals surface area contributed by atoms with Crippen LogP contribution in [0.15, 0.2) is 24.3 Å². The van der Waals surface area contributed by atoms with Gasteiger partial charge in [0.2, 0.25) is 5.91 Å². The fourth-order valence-corrected chi connectivity index (χ4v) is 2.47. The van der Waals surface area contributed by atoms with Gasteiger partial charge in [0, 0.05) is 0 Å². The van der Waals surface area contributed by atoms with E-state index in [9.17, 15) is 28.0 Å². The van der Waals surface area contributed by atoms with Crippen LogP contribution < -0.4 is 15.4 Å². The summed E-state index contributed by atoms with van der Waals surface area (Å²) < 4.78 is 33.2. The van der Waals surface area contributed by atoms with E-state index in [0.717, 1.165) is 0 Å². The van der Waals surface area contributed by atoms with Crippen molar-refractivity contribution in [3.05, 3.63) is 29.8 Å². The largest absolute Gasteiger partial charge is 0.450 e. The predicted molar refractivity (Wildman–Crippen MR) is 85.8 cm³/mol. The predicted octanol–water partition coefficient (Wildman–Crippen LogP) is 1.33. The van der Waals surface area contributed by atoms with Crippen LogP contribution in [0.25, 0.3) is 0 Å². The van der Waals surface area contributed by atoms with Crippen molar-refractivity contribution < 1.29 is 37.4 Å². The van der Waals surface area contributed by atoms with Crippen molar-refractivity contribution in [1.82, 2.24) is 15.5 Å². The first-order chi connectivity index (χ1) is 12.7. The Balaban J connectivity index is 2.11. The maximum Gasteiger partial charge on any atom is 0.413 e. The third kappa shape index (κ3) is 4.49. The van der Waals surface area contributed by atoms with Crippen molar-refractivity contribution in [3.63, 3.8) is 0 Å². The van der Waals surface area contributed by atoms with Gasteiger partial charge in [-0.2, -0.15) is 8.78 Å². The summed E-state index contributed by atoms with van der Waals surface area (Å²) in [6.45, 7) is -0.686. The molecule has 0 radical (unpaired) electrons. The Morgan fingerprint density at radius 1 is 1.26 bits per heavy atom. The molecule has 0 aromatic heterocycles. The van der Waals surface area contributed by atoms with Crippen molar-refractivity contribution in [1.29, 1.82) is 0 Å². The number of hydrogen-bond acceptors (Lipinski definition) is 6. The normalized spacial score (nSPS) is 19.1. The van der Waals surface area contributed by atoms with Crippen LogP contribution in [0.2, 0.25) is 0 Å². The number of carbonyl (C=O) groups is 4. The SMILES string of the molecule is CCOC(=O)NC(=O)CN1C(=O)N[C@](C)(c2ccc(OC(F)F)cc2)C1=O. The third-order valence-electron chi connectivity index (χ3n) is 3.75. The fraction of sp³-hybridized carbons (Fsp3) is 0.375. The van der Waals surface area contributed by atoms with Crippen LogP contribution in [0.4, 0.5) is 18.4 Å². The quantitative estimate of drug-likeness (QED) is 0.714. The fourth-order valence-electron chi connectivity index (χ4n) is 2.47. The second kappa shape index (κ2) is 7.98. The number of amides is 5. The summed E-state index contributed by atoms with van der Waals surface area (Å²) in [6, 6.07) is 4.30. The average Bonchev–Trinajstić information content (AvgIpc) is 2.79. The molecule has 2 rings (SSSR count). The van der Waals surface area contributed by atoms with Crippen LogP contribution in [0, 0.1) is 0 Å². The minimum absolute atomic E-state index is 0.0472. The lowest BCUT2D eigenvalue weighted by molar-refractivity contribution is -0.134. The molecule has 1 aliphatic rings. The van der Waals surface area contributed by atoms with E-state index in [1.807, 2.05) is 5.32 Å². The summed E-state index contributed by atoms with van der Waals surface area (Å²) in [5.41, 5.74) is -1.21. The summed E-state index contributed by atoms with van der Waals surface area (Å²) in [4.78, 5) is 48.4. The first-order valence-electron chi connectivity index (χ1n) is 7.83. The first-order valence-corrected chi connectivity index (χ1v) is 7.83. The summed E-state index contributed by atoms with van der Waals surface area (Å²) in [5.74, 6) is -1.75. The lowest BCUT2D eigenvalue weighted by Gasteiger charge is -2.22. The third-order valence-corrected chi connectivity index (χ3v) is 3.75. The van der Waals surface area contributed by atoms with E-state index in [2.05, 4.69) is 14.8 Å². The van der Waals surface area contributed by atoms with E-state index in [4.69, 9.17) is 0 Å². The number of halogens is 2. The van der Waals surface area contributed by atoms with Gasteiger partial charge in [-0.05, 0) is 31.5 Å². The molecule has 1 saturated heterocycles. The van der Waals surface area contributed by atoms with Gasteiger partial charge >= 0.3 is 18.7 Å². The lowest BCUT2D eigenvalue weighted by Crippen LogP contribution is -2.44. The standard InChI is InChI=1S/C16H17F2N3O6/c1-3-26-15(25)19-11(22)8-21-12(23)16(2,20-14(21)24)9-4-6-10(7-5-9)27-13(17)18/h4-7,13H,3,8H2,1-2H3,(H,20,24)(H,19,22,25)/t16-/m1/s1. The molecule has 0 saturated carbocycles. The van der Waals surface area contributed by atoms with Crippen molar-refractivity contribution in [2.24, 2.45) is 0 Å². The monoisotopic (exact) mass is 385 g/mol. The molecule has 2 N–H and O–H groups in total. The number of urea groups is 1. The average molecular weight is 385 g/mol. The van der Waals surface area contributed by atoms with Crippen molar-refractivity contribution in [2.75, 3.05) is 13.2 Å².